The van der Waals surface area contributed by atoms with Gasteiger partial charge in [0.2, 0.25) is 5.91 Å². The summed E-state index contributed by atoms with van der Waals surface area (Å²) < 4.78 is 6.91. The summed E-state index contributed by atoms with van der Waals surface area (Å²) in [5, 5.41) is 2.79. The fraction of sp³-hybridized carbons (Fsp3) is 0.316. The highest BCUT2D eigenvalue weighted by atomic mass is 16.3. The molecule has 3 aromatic rings. The van der Waals surface area contributed by atoms with E-state index in [-0.39, 0.29) is 18.0 Å². The lowest BCUT2D eigenvalue weighted by molar-refractivity contribution is -0.121. The minimum Gasteiger partial charge on any atom is -0.465 e. The van der Waals surface area contributed by atoms with Crippen molar-refractivity contribution in [2.45, 2.75) is 40.8 Å². The Morgan fingerprint density at radius 1 is 1.16 bits per heavy atom. The van der Waals surface area contributed by atoms with Crippen LogP contribution in [0.25, 0.3) is 11.0 Å². The number of nitrogens with one attached hydrogen (secondary N) is 1. The van der Waals surface area contributed by atoms with Crippen LogP contribution in [0.4, 0.5) is 0 Å². The monoisotopic (exact) mass is 339 g/mol. The summed E-state index contributed by atoms with van der Waals surface area (Å²) in [7, 11) is 0. The number of nitrogens with zero attached hydrogens (tertiary/aromatic N) is 2. The lowest BCUT2D eigenvalue weighted by Gasteiger charge is -2.13. The van der Waals surface area contributed by atoms with Crippen LogP contribution in [0.1, 0.15) is 28.3 Å². The number of hydrogen-bond donors (Lipinski definition) is 1. The zero-order valence-electron chi connectivity index (χ0n) is 14.8. The smallest absolute Gasteiger partial charge is 0.272 e. The number of aromatic nitrogens is 2. The summed E-state index contributed by atoms with van der Waals surface area (Å²) in [6, 6.07) is 7.51. The number of rotatable bonds is 4. The predicted molar refractivity (Wildman–Crippen MR) is 95.5 cm³/mol. The molecule has 25 heavy (non-hydrogen) atoms. The van der Waals surface area contributed by atoms with Gasteiger partial charge in [-0.15, -0.1) is 0 Å². The number of hydrogen-bond acceptors (Lipinski definition) is 4. The van der Waals surface area contributed by atoms with E-state index in [0.717, 1.165) is 22.4 Å². The fourth-order valence-corrected chi connectivity index (χ4v) is 2.75. The van der Waals surface area contributed by atoms with Crippen LogP contribution in [-0.4, -0.2) is 15.5 Å². The first-order valence-electron chi connectivity index (χ1n) is 8.15. The van der Waals surface area contributed by atoms with Crippen molar-refractivity contribution in [1.82, 2.24) is 14.9 Å². The summed E-state index contributed by atoms with van der Waals surface area (Å²) in [5.41, 5.74) is 3.67. The first-order chi connectivity index (χ1) is 11.8. The molecule has 2 aromatic heterocycles. The molecule has 0 atom stereocenters. The second-order valence-electron chi connectivity index (χ2n) is 6.30. The van der Waals surface area contributed by atoms with Gasteiger partial charge in [-0.1, -0.05) is 0 Å². The average molecular weight is 339 g/mol. The molecule has 1 N–H and O–H groups in total. The zero-order chi connectivity index (χ0) is 18.1. The quantitative estimate of drug-likeness (QED) is 0.792. The summed E-state index contributed by atoms with van der Waals surface area (Å²) in [6.07, 6.45) is 0. The van der Waals surface area contributed by atoms with Crippen molar-refractivity contribution >= 4 is 16.9 Å². The number of amides is 1. The maximum absolute atomic E-state index is 12.5. The largest absolute Gasteiger partial charge is 0.465 e. The van der Waals surface area contributed by atoms with Gasteiger partial charge in [0.25, 0.3) is 5.56 Å². The Bertz CT molecular complexity index is 1010. The average Bonchev–Trinajstić information content (AvgIpc) is 2.97. The lowest BCUT2D eigenvalue weighted by Crippen LogP contribution is -2.33. The number of aryl methyl sites for hydroxylation is 4. The van der Waals surface area contributed by atoms with Crippen molar-refractivity contribution in [2.75, 3.05) is 0 Å². The van der Waals surface area contributed by atoms with E-state index in [1.807, 2.05) is 45.0 Å². The van der Waals surface area contributed by atoms with Crippen LogP contribution >= 0.6 is 0 Å². The summed E-state index contributed by atoms with van der Waals surface area (Å²) in [5.74, 6) is 1.23. The first kappa shape index (κ1) is 17.0. The number of carbonyl (C=O) groups is 1. The molecule has 2 heterocycles. The normalized spacial score (nSPS) is 11.0. The Kier molecular flexibility index (Phi) is 4.44. The minimum atomic E-state index is -0.250. The molecule has 3 rings (SSSR count). The highest BCUT2D eigenvalue weighted by Crippen LogP contribution is 2.17. The van der Waals surface area contributed by atoms with Gasteiger partial charge in [0.05, 0.1) is 17.6 Å². The molecule has 6 nitrogen and oxygen atoms in total. The van der Waals surface area contributed by atoms with E-state index in [1.165, 1.54) is 4.57 Å². The molecule has 0 radical (unpaired) electrons. The molecular formula is C19H21N3O3. The van der Waals surface area contributed by atoms with Gasteiger partial charge in [-0.25, -0.2) is 4.98 Å². The number of furan rings is 1. The van der Waals surface area contributed by atoms with Crippen molar-refractivity contribution in [3.8, 4) is 0 Å². The first-order valence-corrected chi connectivity index (χ1v) is 8.15. The molecule has 1 amide bonds. The molecule has 6 heteroatoms. The maximum atomic E-state index is 12.5. The standard InChI is InChI=1S/C19H21N3O3/c1-11-7-16-17(8-12(11)2)22(19(24)14(4)21-16)10-18(23)20-9-15-6-5-13(3)25-15/h5-8H,9-10H2,1-4H3,(H,20,23). The Labute approximate surface area is 145 Å². The van der Waals surface area contributed by atoms with Crippen molar-refractivity contribution in [2.24, 2.45) is 0 Å². The fourth-order valence-electron chi connectivity index (χ4n) is 2.75. The number of benzene rings is 1. The van der Waals surface area contributed by atoms with Gasteiger partial charge in [-0.2, -0.15) is 0 Å². The minimum absolute atomic E-state index is 0.0547. The van der Waals surface area contributed by atoms with Gasteiger partial charge in [0, 0.05) is 0 Å². The van der Waals surface area contributed by atoms with Crippen molar-refractivity contribution in [3.63, 3.8) is 0 Å². The van der Waals surface area contributed by atoms with E-state index in [9.17, 15) is 9.59 Å². The third-order valence-corrected chi connectivity index (χ3v) is 4.28. The van der Waals surface area contributed by atoms with Crippen LogP contribution in [0.5, 0.6) is 0 Å². The molecule has 0 saturated heterocycles. The second-order valence-corrected chi connectivity index (χ2v) is 6.30. The van der Waals surface area contributed by atoms with E-state index < -0.39 is 0 Å². The third-order valence-electron chi connectivity index (χ3n) is 4.28. The topological polar surface area (TPSA) is 77.1 Å². The van der Waals surface area contributed by atoms with Gasteiger partial charge < -0.3 is 9.73 Å². The van der Waals surface area contributed by atoms with Crippen LogP contribution in [0, 0.1) is 27.7 Å². The lowest BCUT2D eigenvalue weighted by atomic mass is 10.1. The molecule has 0 unspecified atom stereocenters. The molecule has 0 spiro atoms. The SMILES string of the molecule is Cc1ccc(CNC(=O)Cn2c(=O)c(C)nc3cc(C)c(C)cc32)o1. The van der Waals surface area contributed by atoms with E-state index in [2.05, 4.69) is 10.3 Å². The summed E-state index contributed by atoms with van der Waals surface area (Å²) in [4.78, 5) is 29.2. The molecule has 0 fully saturated rings. The molecule has 1 aromatic carbocycles. The van der Waals surface area contributed by atoms with Gasteiger partial charge in [-0.05, 0) is 63.1 Å². The van der Waals surface area contributed by atoms with Crippen LogP contribution in [0.2, 0.25) is 0 Å². The molecule has 0 aliphatic rings. The molecule has 0 aliphatic heterocycles. The zero-order valence-corrected chi connectivity index (χ0v) is 14.8. The van der Waals surface area contributed by atoms with Crippen molar-refractivity contribution in [1.29, 1.82) is 0 Å². The molecule has 0 bridgehead atoms. The molecule has 0 saturated carbocycles. The Balaban J connectivity index is 1.89. The highest BCUT2D eigenvalue weighted by molar-refractivity contribution is 5.81. The third kappa shape index (κ3) is 3.47. The van der Waals surface area contributed by atoms with Crippen LogP contribution in [0.3, 0.4) is 0 Å². The molecular weight excluding hydrogens is 318 g/mol. The summed E-state index contributed by atoms with van der Waals surface area (Å²) in [6.45, 7) is 7.72. The van der Waals surface area contributed by atoms with E-state index >= 15 is 0 Å². The Morgan fingerprint density at radius 3 is 2.56 bits per heavy atom. The van der Waals surface area contributed by atoms with Gasteiger partial charge in [0.15, 0.2) is 0 Å². The van der Waals surface area contributed by atoms with E-state index in [4.69, 9.17) is 4.42 Å². The van der Waals surface area contributed by atoms with E-state index in [0.29, 0.717) is 23.5 Å². The predicted octanol–water partition coefficient (Wildman–Crippen LogP) is 2.54. The van der Waals surface area contributed by atoms with Crippen LogP contribution in [0.15, 0.2) is 33.5 Å². The number of fused-ring (bicyclic) bond motifs is 1. The van der Waals surface area contributed by atoms with Gasteiger partial charge in [0.1, 0.15) is 23.8 Å². The van der Waals surface area contributed by atoms with Crippen molar-refractivity contribution < 1.29 is 9.21 Å². The Morgan fingerprint density at radius 2 is 1.88 bits per heavy atom. The van der Waals surface area contributed by atoms with Crippen LogP contribution < -0.4 is 10.9 Å². The maximum Gasteiger partial charge on any atom is 0.272 e. The van der Waals surface area contributed by atoms with Gasteiger partial charge >= 0.3 is 0 Å². The van der Waals surface area contributed by atoms with Crippen LogP contribution in [-0.2, 0) is 17.9 Å². The highest BCUT2D eigenvalue weighted by Gasteiger charge is 2.13. The van der Waals surface area contributed by atoms with Gasteiger partial charge in [-0.3, -0.25) is 14.2 Å². The second kappa shape index (κ2) is 6.55. The molecule has 0 aliphatic carbocycles. The Hall–Kier alpha value is -2.89. The van der Waals surface area contributed by atoms with E-state index in [1.54, 1.807) is 6.92 Å². The number of carbonyl (C=O) groups excluding carboxylic acids is 1. The summed E-state index contributed by atoms with van der Waals surface area (Å²) >= 11 is 0. The molecule has 130 valence electrons. The van der Waals surface area contributed by atoms with Crippen molar-refractivity contribution in [3.05, 3.63) is 63.0 Å².